The summed E-state index contributed by atoms with van der Waals surface area (Å²) in [5.74, 6) is -0.318. The van der Waals surface area contributed by atoms with Gasteiger partial charge in [0, 0.05) is 49.0 Å². The van der Waals surface area contributed by atoms with Gasteiger partial charge in [-0.15, -0.1) is 0 Å². The van der Waals surface area contributed by atoms with Crippen LogP contribution in [0.25, 0.3) is 6.08 Å². The lowest BCUT2D eigenvalue weighted by Gasteiger charge is -2.41. The van der Waals surface area contributed by atoms with Crippen LogP contribution in [-0.2, 0) is 44.9 Å². The van der Waals surface area contributed by atoms with Gasteiger partial charge in [-0.25, -0.2) is 4.98 Å². The predicted molar refractivity (Wildman–Crippen MR) is 172 cm³/mol. The Labute approximate surface area is 272 Å². The summed E-state index contributed by atoms with van der Waals surface area (Å²) in [6, 6.07) is 17.7. The van der Waals surface area contributed by atoms with Gasteiger partial charge < -0.3 is 18.8 Å². The fraction of sp³-hybridized carbons (Fsp3) is 0.303. The highest BCUT2D eigenvalue weighted by Gasteiger charge is 2.42. The maximum atomic E-state index is 11.2. The molecule has 12 heteroatoms. The van der Waals surface area contributed by atoms with Crippen LogP contribution in [0, 0.1) is 0 Å². The van der Waals surface area contributed by atoms with Crippen LogP contribution in [0.15, 0.2) is 90.4 Å². The van der Waals surface area contributed by atoms with Crippen LogP contribution < -0.4 is 4.74 Å². The molecule has 0 radical (unpaired) electrons. The SMILES string of the molecule is O=S(=O)(O)c1ccc(/C=C/CN2CCc3cc(OC[C@@H]4CCO[C@@](Cn5ccnc5)(c5ccc(Cl)cc5Cl)O4)ccc3C2)cc1. The van der Waals surface area contributed by atoms with E-state index in [1.807, 2.05) is 29.0 Å². The Balaban J connectivity index is 1.06. The third-order valence-corrected chi connectivity index (χ3v) is 9.40. The summed E-state index contributed by atoms with van der Waals surface area (Å²) < 4.78 is 52.7. The molecule has 6 rings (SSSR count). The minimum absolute atomic E-state index is 0.113. The zero-order chi connectivity index (χ0) is 31.4. The Hall–Kier alpha value is -3.22. The van der Waals surface area contributed by atoms with Crippen molar-refractivity contribution < 1.29 is 27.2 Å². The molecule has 0 spiro atoms. The fourth-order valence-electron chi connectivity index (χ4n) is 5.67. The lowest BCUT2D eigenvalue weighted by atomic mass is 9.99. The second kappa shape index (κ2) is 13.6. The largest absolute Gasteiger partial charge is 0.491 e. The van der Waals surface area contributed by atoms with Gasteiger partial charge in [-0.3, -0.25) is 9.45 Å². The number of imidazole rings is 1. The van der Waals surface area contributed by atoms with E-state index in [1.54, 1.807) is 36.8 Å². The van der Waals surface area contributed by atoms with E-state index in [1.165, 1.54) is 23.3 Å². The molecule has 2 aliphatic heterocycles. The molecule has 0 bridgehead atoms. The standard InChI is InChI=1S/C33H33Cl2N3O6S/c34-27-6-10-31(32(35)19-27)33(22-38-16-13-36-23-38)43-17-12-29(44-33)21-42-28-7-5-26-20-37(15-11-25(26)18-28)14-1-2-24-3-8-30(9-4-24)45(39,40)41/h1-10,13,16,18-19,23,29H,11-12,14-15,17,20-22H2,(H,39,40,41)/b2-1+/t29-,33+/m0/s1. The van der Waals surface area contributed by atoms with E-state index in [0.717, 1.165) is 37.4 Å². The molecule has 0 aliphatic carbocycles. The number of hydrogen-bond acceptors (Lipinski definition) is 7. The summed E-state index contributed by atoms with van der Waals surface area (Å²) in [5.41, 5.74) is 4.10. The third kappa shape index (κ3) is 7.78. The third-order valence-electron chi connectivity index (χ3n) is 7.98. The molecule has 4 aromatic rings. The van der Waals surface area contributed by atoms with Gasteiger partial charge in [-0.2, -0.15) is 8.42 Å². The van der Waals surface area contributed by atoms with Crippen LogP contribution in [-0.4, -0.2) is 59.8 Å². The molecule has 236 valence electrons. The van der Waals surface area contributed by atoms with Crippen molar-refractivity contribution in [1.29, 1.82) is 0 Å². The van der Waals surface area contributed by atoms with Crippen molar-refractivity contribution in [3.63, 3.8) is 0 Å². The molecule has 1 fully saturated rings. The minimum Gasteiger partial charge on any atom is -0.491 e. The Morgan fingerprint density at radius 2 is 1.93 bits per heavy atom. The van der Waals surface area contributed by atoms with Crippen LogP contribution in [0.2, 0.25) is 10.0 Å². The van der Waals surface area contributed by atoms with Gasteiger partial charge in [0.1, 0.15) is 12.4 Å². The molecule has 0 amide bonds. The monoisotopic (exact) mass is 669 g/mol. The first-order valence-electron chi connectivity index (χ1n) is 14.6. The van der Waals surface area contributed by atoms with Gasteiger partial charge in [0.2, 0.25) is 5.79 Å². The second-order valence-corrected chi connectivity index (χ2v) is 13.4. The number of halogens is 2. The van der Waals surface area contributed by atoms with Crippen molar-refractivity contribution in [2.45, 2.75) is 42.7 Å². The van der Waals surface area contributed by atoms with Crippen molar-refractivity contribution >= 4 is 39.4 Å². The molecule has 0 unspecified atom stereocenters. The minimum atomic E-state index is -4.19. The molecule has 2 atom stereocenters. The van der Waals surface area contributed by atoms with Crippen molar-refractivity contribution in [3.8, 4) is 5.75 Å². The van der Waals surface area contributed by atoms with Crippen molar-refractivity contribution in [2.75, 3.05) is 26.3 Å². The maximum absolute atomic E-state index is 11.2. The first-order valence-corrected chi connectivity index (χ1v) is 16.8. The molecule has 0 saturated carbocycles. The van der Waals surface area contributed by atoms with E-state index in [9.17, 15) is 8.42 Å². The molecule has 1 N–H and O–H groups in total. The highest BCUT2D eigenvalue weighted by molar-refractivity contribution is 7.85. The highest BCUT2D eigenvalue weighted by atomic mass is 35.5. The topological polar surface area (TPSA) is 103 Å². The molecule has 1 saturated heterocycles. The maximum Gasteiger partial charge on any atom is 0.294 e. The van der Waals surface area contributed by atoms with E-state index in [4.69, 9.17) is 42.0 Å². The predicted octanol–water partition coefficient (Wildman–Crippen LogP) is 6.25. The average Bonchev–Trinajstić information content (AvgIpc) is 3.52. The lowest BCUT2D eigenvalue weighted by molar-refractivity contribution is -0.312. The molecule has 45 heavy (non-hydrogen) atoms. The summed E-state index contributed by atoms with van der Waals surface area (Å²) in [6.07, 6.45) is 10.6. The molecular weight excluding hydrogens is 637 g/mol. The van der Waals surface area contributed by atoms with E-state index in [-0.39, 0.29) is 11.0 Å². The molecule has 9 nitrogen and oxygen atoms in total. The summed E-state index contributed by atoms with van der Waals surface area (Å²) >= 11 is 12.8. The van der Waals surface area contributed by atoms with E-state index in [0.29, 0.717) is 41.8 Å². The first kappa shape index (κ1) is 31.7. The van der Waals surface area contributed by atoms with E-state index >= 15 is 0 Å². The summed E-state index contributed by atoms with van der Waals surface area (Å²) in [5, 5.41) is 1.01. The summed E-state index contributed by atoms with van der Waals surface area (Å²) in [6.45, 7) is 3.70. The quantitative estimate of drug-likeness (QED) is 0.198. The van der Waals surface area contributed by atoms with E-state index < -0.39 is 15.9 Å². The van der Waals surface area contributed by atoms with Gasteiger partial charge in [0.05, 0.1) is 35.5 Å². The van der Waals surface area contributed by atoms with Crippen LogP contribution in [0.4, 0.5) is 0 Å². The normalized spacial score (nSPS) is 20.7. The molecule has 3 aromatic carbocycles. The smallest absolute Gasteiger partial charge is 0.294 e. The number of rotatable bonds is 10. The number of nitrogens with zero attached hydrogens (tertiary/aromatic N) is 3. The lowest BCUT2D eigenvalue weighted by Crippen LogP contribution is -2.47. The van der Waals surface area contributed by atoms with Gasteiger partial charge in [-0.1, -0.05) is 59.6 Å². The highest BCUT2D eigenvalue weighted by Crippen LogP contribution is 2.40. The Kier molecular flexibility index (Phi) is 9.62. The zero-order valence-corrected chi connectivity index (χ0v) is 26.7. The van der Waals surface area contributed by atoms with E-state index in [2.05, 4.69) is 28.1 Å². The Bertz CT molecular complexity index is 1770. The summed E-state index contributed by atoms with van der Waals surface area (Å²) in [7, 11) is -4.19. The van der Waals surface area contributed by atoms with Crippen molar-refractivity contribution in [1.82, 2.24) is 14.5 Å². The zero-order valence-electron chi connectivity index (χ0n) is 24.4. The van der Waals surface area contributed by atoms with Gasteiger partial charge in [-0.05, 0) is 59.5 Å². The van der Waals surface area contributed by atoms with Crippen LogP contribution in [0.1, 0.15) is 28.7 Å². The van der Waals surface area contributed by atoms with Gasteiger partial charge >= 0.3 is 0 Å². The number of ether oxygens (including phenoxy) is 3. The second-order valence-electron chi connectivity index (χ2n) is 11.2. The molecular formula is C33H33Cl2N3O6S. The van der Waals surface area contributed by atoms with Crippen LogP contribution in [0.5, 0.6) is 5.75 Å². The number of fused-ring (bicyclic) bond motifs is 1. The van der Waals surface area contributed by atoms with Crippen molar-refractivity contribution in [2.24, 2.45) is 0 Å². The van der Waals surface area contributed by atoms with Crippen LogP contribution in [0.3, 0.4) is 0 Å². The molecule has 3 heterocycles. The number of hydrogen-bond donors (Lipinski definition) is 1. The summed E-state index contributed by atoms with van der Waals surface area (Å²) in [4.78, 5) is 6.40. The first-order chi connectivity index (χ1) is 21.7. The number of benzene rings is 3. The Morgan fingerprint density at radius 3 is 2.69 bits per heavy atom. The van der Waals surface area contributed by atoms with Crippen molar-refractivity contribution in [3.05, 3.63) is 118 Å². The van der Waals surface area contributed by atoms with Gasteiger partial charge in [0.15, 0.2) is 0 Å². The number of aromatic nitrogens is 2. The molecule has 1 aromatic heterocycles. The fourth-order valence-corrected chi connectivity index (χ4v) is 6.71. The molecule has 2 aliphatic rings. The van der Waals surface area contributed by atoms with Crippen LogP contribution >= 0.6 is 23.2 Å². The Morgan fingerprint density at radius 1 is 1.09 bits per heavy atom. The van der Waals surface area contributed by atoms with Gasteiger partial charge in [0.25, 0.3) is 10.1 Å². The average molecular weight is 671 g/mol.